The summed E-state index contributed by atoms with van der Waals surface area (Å²) in [7, 11) is -3.01. The fraction of sp³-hybridized carbons (Fsp3) is 1.00. The number of sulfonamides is 1. The summed E-state index contributed by atoms with van der Waals surface area (Å²) in [6, 6.07) is 0.167. The number of rotatable bonds is 4. The molecule has 78 valence electrons. The van der Waals surface area contributed by atoms with Gasteiger partial charge in [0.1, 0.15) is 0 Å². The second-order valence-electron chi connectivity index (χ2n) is 3.33. The van der Waals surface area contributed by atoms with Crippen LogP contribution in [0.1, 0.15) is 26.2 Å². The molecule has 0 heterocycles. The molecule has 1 aliphatic carbocycles. The van der Waals surface area contributed by atoms with Crippen LogP contribution in [-0.4, -0.2) is 31.7 Å². The molecule has 3 nitrogen and oxygen atoms in total. The molecule has 0 aromatic heterocycles. The van der Waals surface area contributed by atoms with Crippen LogP contribution in [0, 0.1) is 0 Å². The van der Waals surface area contributed by atoms with Gasteiger partial charge in [0, 0.05) is 11.3 Å². The highest BCUT2D eigenvalue weighted by molar-refractivity contribution is 7.99. The minimum Gasteiger partial charge on any atom is -0.212 e. The third kappa shape index (κ3) is 3.14. The first-order chi connectivity index (χ1) is 6.09. The van der Waals surface area contributed by atoms with Gasteiger partial charge in [-0.3, -0.25) is 0 Å². The van der Waals surface area contributed by atoms with Crippen LogP contribution < -0.4 is 4.72 Å². The Balaban J connectivity index is 2.53. The summed E-state index contributed by atoms with van der Waals surface area (Å²) in [6.45, 7) is 1.67. The molecule has 0 aromatic rings. The molecule has 0 amide bonds. The van der Waals surface area contributed by atoms with Crippen molar-refractivity contribution in [3.05, 3.63) is 0 Å². The zero-order chi connectivity index (χ0) is 9.90. The van der Waals surface area contributed by atoms with E-state index in [0.29, 0.717) is 5.25 Å². The third-order valence-electron chi connectivity index (χ3n) is 2.47. The highest BCUT2D eigenvalue weighted by atomic mass is 32.2. The summed E-state index contributed by atoms with van der Waals surface area (Å²) < 4.78 is 25.4. The smallest absolute Gasteiger partial charge is 0.211 e. The second kappa shape index (κ2) is 4.66. The van der Waals surface area contributed by atoms with Crippen molar-refractivity contribution in [3.63, 3.8) is 0 Å². The zero-order valence-electron chi connectivity index (χ0n) is 8.12. The fourth-order valence-electron chi connectivity index (χ4n) is 1.66. The molecule has 0 saturated heterocycles. The topological polar surface area (TPSA) is 46.2 Å². The lowest BCUT2D eigenvalue weighted by Gasteiger charge is -2.18. The predicted molar refractivity (Wildman–Crippen MR) is 57.5 cm³/mol. The first-order valence-corrected chi connectivity index (χ1v) is 7.56. The van der Waals surface area contributed by atoms with Crippen molar-refractivity contribution in [2.24, 2.45) is 0 Å². The minimum atomic E-state index is -3.01. The maximum Gasteiger partial charge on any atom is 0.211 e. The molecule has 1 saturated carbocycles. The average molecular weight is 223 g/mol. The first kappa shape index (κ1) is 11.3. The van der Waals surface area contributed by atoms with E-state index in [1.807, 2.05) is 6.26 Å². The van der Waals surface area contributed by atoms with Crippen molar-refractivity contribution in [2.75, 3.05) is 12.0 Å². The van der Waals surface area contributed by atoms with Crippen LogP contribution in [0.2, 0.25) is 0 Å². The predicted octanol–water partition coefficient (Wildman–Crippen LogP) is 1.21. The van der Waals surface area contributed by atoms with Gasteiger partial charge in [-0.05, 0) is 26.0 Å². The molecular weight excluding hydrogens is 206 g/mol. The van der Waals surface area contributed by atoms with Gasteiger partial charge in [-0.1, -0.05) is 6.42 Å². The van der Waals surface area contributed by atoms with Gasteiger partial charge >= 0.3 is 0 Å². The normalized spacial score (nSPS) is 29.4. The molecule has 5 heteroatoms. The van der Waals surface area contributed by atoms with E-state index in [9.17, 15) is 8.42 Å². The Kier molecular flexibility index (Phi) is 4.06. The van der Waals surface area contributed by atoms with Gasteiger partial charge in [0.05, 0.1) is 5.75 Å². The van der Waals surface area contributed by atoms with Crippen molar-refractivity contribution >= 4 is 21.8 Å². The SMILES string of the molecule is CCS(=O)(=O)NC1CCCC1SC. The van der Waals surface area contributed by atoms with Gasteiger partial charge in [-0.25, -0.2) is 13.1 Å². The van der Waals surface area contributed by atoms with Crippen LogP contribution in [-0.2, 0) is 10.0 Å². The lowest BCUT2D eigenvalue weighted by atomic mass is 10.3. The first-order valence-electron chi connectivity index (χ1n) is 4.62. The molecule has 0 aromatic carbocycles. The van der Waals surface area contributed by atoms with Crippen LogP contribution in [0.3, 0.4) is 0 Å². The van der Waals surface area contributed by atoms with Crippen molar-refractivity contribution < 1.29 is 8.42 Å². The largest absolute Gasteiger partial charge is 0.212 e. The van der Waals surface area contributed by atoms with E-state index < -0.39 is 10.0 Å². The van der Waals surface area contributed by atoms with Crippen LogP contribution >= 0.6 is 11.8 Å². The van der Waals surface area contributed by atoms with E-state index in [1.54, 1.807) is 18.7 Å². The molecule has 0 bridgehead atoms. The maximum atomic E-state index is 11.3. The van der Waals surface area contributed by atoms with E-state index in [-0.39, 0.29) is 11.8 Å². The Labute approximate surface area is 84.7 Å². The second-order valence-corrected chi connectivity index (χ2v) is 6.45. The Morgan fingerprint density at radius 3 is 2.69 bits per heavy atom. The van der Waals surface area contributed by atoms with Gasteiger partial charge in [-0.15, -0.1) is 0 Å². The summed E-state index contributed by atoms with van der Waals surface area (Å²) >= 11 is 1.76. The third-order valence-corrected chi connectivity index (χ3v) is 5.06. The Bertz CT molecular complexity index is 251. The average Bonchev–Trinajstić information content (AvgIpc) is 2.51. The van der Waals surface area contributed by atoms with E-state index >= 15 is 0 Å². The number of nitrogens with one attached hydrogen (secondary N) is 1. The van der Waals surface area contributed by atoms with E-state index in [2.05, 4.69) is 4.72 Å². The lowest BCUT2D eigenvalue weighted by molar-refractivity contribution is 0.556. The number of thioether (sulfide) groups is 1. The number of hydrogen-bond donors (Lipinski definition) is 1. The van der Waals surface area contributed by atoms with Crippen LogP contribution in [0.5, 0.6) is 0 Å². The van der Waals surface area contributed by atoms with Gasteiger partial charge in [0.25, 0.3) is 0 Å². The van der Waals surface area contributed by atoms with E-state index in [0.717, 1.165) is 19.3 Å². The highest BCUT2D eigenvalue weighted by Gasteiger charge is 2.29. The summed E-state index contributed by atoms with van der Waals surface area (Å²) in [5.41, 5.74) is 0. The van der Waals surface area contributed by atoms with Crippen LogP contribution in [0.4, 0.5) is 0 Å². The monoisotopic (exact) mass is 223 g/mol. The standard InChI is InChI=1S/C8H17NO2S2/c1-3-13(10,11)9-7-5-4-6-8(7)12-2/h7-9H,3-6H2,1-2H3. The Morgan fingerprint density at radius 1 is 1.46 bits per heavy atom. The molecule has 0 spiro atoms. The van der Waals surface area contributed by atoms with Crippen molar-refractivity contribution in [1.29, 1.82) is 0 Å². The summed E-state index contributed by atoms with van der Waals surface area (Å²) in [5, 5.41) is 0.473. The molecule has 0 aliphatic heterocycles. The van der Waals surface area contributed by atoms with E-state index in [4.69, 9.17) is 0 Å². The van der Waals surface area contributed by atoms with Crippen LogP contribution in [0.25, 0.3) is 0 Å². The molecule has 13 heavy (non-hydrogen) atoms. The zero-order valence-corrected chi connectivity index (χ0v) is 9.75. The van der Waals surface area contributed by atoms with Gasteiger partial charge in [0.15, 0.2) is 0 Å². The van der Waals surface area contributed by atoms with Crippen molar-refractivity contribution in [1.82, 2.24) is 4.72 Å². The molecule has 1 N–H and O–H groups in total. The van der Waals surface area contributed by atoms with Crippen molar-refractivity contribution in [2.45, 2.75) is 37.5 Å². The summed E-state index contributed by atoms with van der Waals surface area (Å²) in [4.78, 5) is 0. The lowest BCUT2D eigenvalue weighted by Crippen LogP contribution is -2.39. The number of hydrogen-bond acceptors (Lipinski definition) is 3. The maximum absolute atomic E-state index is 11.3. The minimum absolute atomic E-state index is 0.167. The Morgan fingerprint density at radius 2 is 2.15 bits per heavy atom. The van der Waals surface area contributed by atoms with Gasteiger partial charge in [0.2, 0.25) is 10.0 Å². The quantitative estimate of drug-likeness (QED) is 0.779. The Hall–Kier alpha value is 0.260. The fourth-order valence-corrected chi connectivity index (χ4v) is 3.59. The molecule has 0 radical (unpaired) electrons. The van der Waals surface area contributed by atoms with Crippen LogP contribution in [0.15, 0.2) is 0 Å². The molecule has 1 fully saturated rings. The van der Waals surface area contributed by atoms with Gasteiger partial charge < -0.3 is 0 Å². The molecule has 1 aliphatic rings. The van der Waals surface area contributed by atoms with E-state index in [1.165, 1.54) is 0 Å². The summed E-state index contributed by atoms with van der Waals surface area (Å²) in [6.07, 6.45) is 5.31. The van der Waals surface area contributed by atoms with Crippen molar-refractivity contribution in [3.8, 4) is 0 Å². The highest BCUT2D eigenvalue weighted by Crippen LogP contribution is 2.28. The molecular formula is C8H17NO2S2. The molecule has 1 rings (SSSR count). The molecule has 2 atom stereocenters. The summed E-state index contributed by atoms with van der Waals surface area (Å²) in [5.74, 6) is 0.185. The molecule has 2 unspecified atom stereocenters. The van der Waals surface area contributed by atoms with Gasteiger partial charge in [-0.2, -0.15) is 11.8 Å².